The fourth-order valence-electron chi connectivity index (χ4n) is 6.73. The van der Waals surface area contributed by atoms with Crippen LogP contribution in [0.2, 0.25) is 5.02 Å². The Labute approximate surface area is 228 Å². The second-order valence-corrected chi connectivity index (χ2v) is 11.7. The molecule has 3 fully saturated rings. The molecular formula is C29H35ClN4O4. The zero-order chi connectivity index (χ0) is 26.9. The molecule has 2 N–H and O–H groups in total. The van der Waals surface area contributed by atoms with Gasteiger partial charge in [0.25, 0.3) is 5.91 Å². The molecule has 2 heterocycles. The first kappa shape index (κ1) is 26.6. The lowest BCUT2D eigenvalue weighted by Gasteiger charge is -2.32. The van der Waals surface area contributed by atoms with Gasteiger partial charge < -0.3 is 19.9 Å². The summed E-state index contributed by atoms with van der Waals surface area (Å²) in [5.41, 5.74) is 0.917. The number of hydrogen-bond acceptors (Lipinski definition) is 5. The number of likely N-dealkylation sites (tertiary alicyclic amines) is 1. The van der Waals surface area contributed by atoms with Crippen LogP contribution in [0.3, 0.4) is 0 Å². The molecular weight excluding hydrogens is 504 g/mol. The maximum atomic E-state index is 13.9. The fraction of sp³-hybridized carbons (Fsp3) is 0.586. The van der Waals surface area contributed by atoms with Gasteiger partial charge in [0.05, 0.1) is 23.7 Å². The zero-order valence-corrected chi connectivity index (χ0v) is 22.6. The number of methoxy groups -OCH3 is 1. The van der Waals surface area contributed by atoms with E-state index in [2.05, 4.69) is 16.4 Å². The number of H-pyrrole nitrogens is 1. The van der Waals surface area contributed by atoms with Gasteiger partial charge in [-0.1, -0.05) is 37.3 Å². The van der Waals surface area contributed by atoms with Crippen molar-refractivity contribution in [2.24, 2.45) is 11.3 Å². The van der Waals surface area contributed by atoms with Crippen LogP contribution in [0.1, 0.15) is 81.1 Å². The van der Waals surface area contributed by atoms with Crippen LogP contribution in [-0.2, 0) is 9.59 Å². The van der Waals surface area contributed by atoms with Crippen LogP contribution in [0.25, 0.3) is 10.9 Å². The summed E-state index contributed by atoms with van der Waals surface area (Å²) in [6.07, 6.45) is 9.38. The lowest BCUT2D eigenvalue weighted by atomic mass is 9.72. The highest BCUT2D eigenvalue weighted by Gasteiger charge is 2.49. The number of nitrogens with one attached hydrogen (secondary N) is 2. The van der Waals surface area contributed by atoms with Crippen molar-refractivity contribution in [2.75, 3.05) is 13.7 Å². The molecule has 0 bridgehead atoms. The molecule has 5 rings (SSSR count). The lowest BCUT2D eigenvalue weighted by Crippen LogP contribution is -2.49. The zero-order valence-electron chi connectivity index (χ0n) is 21.9. The minimum atomic E-state index is -0.756. The van der Waals surface area contributed by atoms with E-state index in [0.717, 1.165) is 50.3 Å². The summed E-state index contributed by atoms with van der Waals surface area (Å²) >= 11 is 6.42. The van der Waals surface area contributed by atoms with Crippen molar-refractivity contribution in [3.05, 3.63) is 28.9 Å². The normalized spacial score (nSPS) is 23.8. The molecule has 9 heteroatoms. The number of carbonyl (C=O) groups is 3. The molecule has 0 radical (unpaired) electrons. The number of Topliss-reactive ketones (excluding diaryl/α,β-unsaturated/α-hetero) is 1. The number of nitrogens with zero attached hydrogens (tertiary/aromatic N) is 2. The van der Waals surface area contributed by atoms with Gasteiger partial charge in [-0.15, -0.1) is 0 Å². The van der Waals surface area contributed by atoms with E-state index in [1.54, 1.807) is 24.1 Å². The summed E-state index contributed by atoms with van der Waals surface area (Å²) in [4.78, 5) is 44.7. The molecule has 3 atom stereocenters. The van der Waals surface area contributed by atoms with E-state index in [-0.39, 0.29) is 28.9 Å². The fourth-order valence-corrected chi connectivity index (χ4v) is 6.99. The average molecular weight is 539 g/mol. The van der Waals surface area contributed by atoms with Gasteiger partial charge in [0.15, 0.2) is 0 Å². The number of benzene rings is 1. The van der Waals surface area contributed by atoms with Crippen LogP contribution in [0.4, 0.5) is 0 Å². The van der Waals surface area contributed by atoms with Crippen LogP contribution < -0.4 is 10.1 Å². The van der Waals surface area contributed by atoms with Crippen LogP contribution in [0, 0.1) is 22.7 Å². The van der Waals surface area contributed by atoms with E-state index in [4.69, 9.17) is 16.3 Å². The molecule has 3 unspecified atom stereocenters. The van der Waals surface area contributed by atoms with Gasteiger partial charge in [0, 0.05) is 30.3 Å². The van der Waals surface area contributed by atoms with Crippen molar-refractivity contribution in [1.29, 1.82) is 5.26 Å². The van der Waals surface area contributed by atoms with Crippen LogP contribution in [0.5, 0.6) is 5.75 Å². The minimum Gasteiger partial charge on any atom is -0.497 e. The van der Waals surface area contributed by atoms with Gasteiger partial charge in [0.1, 0.15) is 29.3 Å². The molecule has 2 saturated carbocycles. The van der Waals surface area contributed by atoms with Crippen molar-refractivity contribution >= 4 is 40.1 Å². The van der Waals surface area contributed by atoms with Gasteiger partial charge in [-0.25, -0.2) is 0 Å². The number of ether oxygens (including phenoxy) is 1. The Morgan fingerprint density at radius 3 is 2.74 bits per heavy atom. The molecule has 1 aromatic heterocycles. The number of aromatic nitrogens is 1. The quantitative estimate of drug-likeness (QED) is 0.527. The number of fused-ring (bicyclic) bond motifs is 1. The number of ketones is 1. The number of amides is 2. The number of hydrogen-bond donors (Lipinski definition) is 2. The highest BCUT2D eigenvalue weighted by atomic mass is 35.5. The Balaban J connectivity index is 1.38. The van der Waals surface area contributed by atoms with E-state index < -0.39 is 12.1 Å². The molecule has 1 saturated heterocycles. The summed E-state index contributed by atoms with van der Waals surface area (Å²) < 4.78 is 5.31. The van der Waals surface area contributed by atoms with Crippen molar-refractivity contribution < 1.29 is 19.1 Å². The summed E-state index contributed by atoms with van der Waals surface area (Å²) in [5, 5.41) is 13.9. The largest absolute Gasteiger partial charge is 0.497 e. The molecule has 1 aliphatic heterocycles. The van der Waals surface area contributed by atoms with Gasteiger partial charge in [0.2, 0.25) is 5.91 Å². The van der Waals surface area contributed by atoms with Crippen molar-refractivity contribution in [2.45, 2.75) is 82.7 Å². The van der Waals surface area contributed by atoms with Gasteiger partial charge in [-0.05, 0) is 56.1 Å². The smallest absolute Gasteiger partial charge is 0.271 e. The first-order valence-corrected chi connectivity index (χ1v) is 14.1. The Bertz CT molecular complexity index is 1280. The highest BCUT2D eigenvalue weighted by molar-refractivity contribution is 6.35. The number of rotatable bonds is 6. The molecule has 8 nitrogen and oxygen atoms in total. The van der Waals surface area contributed by atoms with E-state index in [9.17, 15) is 19.6 Å². The number of halogens is 1. The van der Waals surface area contributed by atoms with Gasteiger partial charge in [-0.3, -0.25) is 14.4 Å². The van der Waals surface area contributed by atoms with Gasteiger partial charge in [-0.2, -0.15) is 5.26 Å². The molecule has 202 valence electrons. The van der Waals surface area contributed by atoms with Crippen LogP contribution in [-0.4, -0.2) is 53.2 Å². The third kappa shape index (κ3) is 5.26. The van der Waals surface area contributed by atoms with E-state index in [0.29, 0.717) is 47.8 Å². The molecule has 1 aromatic carbocycles. The van der Waals surface area contributed by atoms with E-state index in [1.807, 2.05) is 6.07 Å². The topological polar surface area (TPSA) is 115 Å². The number of nitriles is 1. The predicted octanol–water partition coefficient (Wildman–Crippen LogP) is 5.15. The van der Waals surface area contributed by atoms with Crippen molar-refractivity contribution in [3.8, 4) is 11.8 Å². The molecule has 38 heavy (non-hydrogen) atoms. The van der Waals surface area contributed by atoms with Crippen LogP contribution in [0.15, 0.2) is 18.2 Å². The first-order valence-electron chi connectivity index (χ1n) is 13.7. The summed E-state index contributed by atoms with van der Waals surface area (Å²) in [5.74, 6) is 0.0202. The predicted molar refractivity (Wildman–Crippen MR) is 144 cm³/mol. The second-order valence-electron chi connectivity index (χ2n) is 11.3. The molecule has 2 aromatic rings. The number of aromatic amines is 1. The van der Waals surface area contributed by atoms with Crippen molar-refractivity contribution in [3.63, 3.8) is 0 Å². The Kier molecular flexibility index (Phi) is 7.67. The number of carbonyl (C=O) groups excluding carboxylic acids is 3. The van der Waals surface area contributed by atoms with Crippen molar-refractivity contribution in [1.82, 2.24) is 15.2 Å². The highest BCUT2D eigenvalue weighted by Crippen LogP contribution is 2.47. The van der Waals surface area contributed by atoms with Crippen LogP contribution >= 0.6 is 11.6 Å². The van der Waals surface area contributed by atoms with Gasteiger partial charge >= 0.3 is 0 Å². The molecule has 2 amide bonds. The first-order chi connectivity index (χ1) is 18.3. The second kappa shape index (κ2) is 11.0. The Morgan fingerprint density at radius 2 is 2.03 bits per heavy atom. The summed E-state index contributed by atoms with van der Waals surface area (Å²) in [6, 6.07) is 6.01. The monoisotopic (exact) mass is 538 g/mol. The summed E-state index contributed by atoms with van der Waals surface area (Å²) in [7, 11) is 1.56. The third-order valence-corrected chi connectivity index (χ3v) is 9.08. The average Bonchev–Trinajstić information content (AvgIpc) is 3.52. The molecule has 1 spiro atoms. The SMILES string of the molecule is COc1cc(Cl)c2[nH]c(C(=O)N3CC4(CCCCC4)CC3C(=O)NC(C#N)CC3CCCCC3=O)cc2c1. The maximum absolute atomic E-state index is 13.9. The van der Waals surface area contributed by atoms with E-state index >= 15 is 0 Å². The summed E-state index contributed by atoms with van der Waals surface area (Å²) in [6.45, 7) is 0.509. The molecule has 2 aliphatic carbocycles. The Hall–Kier alpha value is -3.05. The standard InChI is InChI=1S/C29H35ClN4O4/c1-38-21-12-19-13-23(33-26(19)22(30)14-21)28(37)34-17-29(9-5-2-6-10-29)15-24(34)27(36)32-20(16-31)11-18-7-3-4-8-25(18)35/h12-14,18,20,24,33H,2-11,15,17H2,1H3,(H,32,36). The lowest BCUT2D eigenvalue weighted by molar-refractivity contribution is -0.127. The third-order valence-electron chi connectivity index (χ3n) is 8.78. The Morgan fingerprint density at radius 1 is 1.24 bits per heavy atom. The minimum absolute atomic E-state index is 0.0930. The molecule has 3 aliphatic rings. The maximum Gasteiger partial charge on any atom is 0.271 e. The van der Waals surface area contributed by atoms with E-state index in [1.165, 1.54) is 6.42 Å².